The number of aryl methyl sites for hydroxylation is 2. The lowest BCUT2D eigenvalue weighted by Gasteiger charge is -2.14. The molecule has 0 aliphatic heterocycles. The molecule has 1 aliphatic carbocycles. The molecule has 0 fully saturated rings. The van der Waals surface area contributed by atoms with Gasteiger partial charge in [-0.3, -0.25) is 0 Å². The summed E-state index contributed by atoms with van der Waals surface area (Å²) >= 11 is 3.80. The van der Waals surface area contributed by atoms with Gasteiger partial charge in [0.15, 0.2) is 0 Å². The molecular weight excluding hydrogens is 284 g/mol. The van der Waals surface area contributed by atoms with Gasteiger partial charge in [0.2, 0.25) is 0 Å². The Balaban J connectivity index is 2.22. The van der Waals surface area contributed by atoms with Crippen molar-refractivity contribution in [2.24, 2.45) is 0 Å². The maximum atomic E-state index is 3.80. The quantitative estimate of drug-likeness (QED) is 0.670. The molecule has 0 aromatic heterocycles. The first-order valence-electron chi connectivity index (χ1n) is 6.22. The Hall–Kier alpha value is -1.34. The molecule has 0 heterocycles. The van der Waals surface area contributed by atoms with E-state index in [1.165, 1.54) is 37.9 Å². The molecule has 0 saturated heterocycles. The standard InChI is InChI=1S/C17H15Br/c1-11-6-8-13(9-7-11)16-12(2)10-14-4-3-5-15(14)17(16)18/h3-4,6-10H,5H2,1-2H3. The average Bonchev–Trinajstić information content (AvgIpc) is 2.80. The van der Waals surface area contributed by atoms with Gasteiger partial charge in [-0.1, -0.05) is 48.0 Å². The Morgan fingerprint density at radius 2 is 1.78 bits per heavy atom. The highest BCUT2D eigenvalue weighted by molar-refractivity contribution is 9.10. The molecule has 18 heavy (non-hydrogen) atoms. The number of rotatable bonds is 1. The third-order valence-corrected chi connectivity index (χ3v) is 4.43. The number of benzene rings is 2. The Labute approximate surface area is 116 Å². The molecule has 0 amide bonds. The Morgan fingerprint density at radius 3 is 2.50 bits per heavy atom. The number of halogens is 1. The molecule has 0 bridgehead atoms. The third kappa shape index (κ3) is 1.83. The molecule has 2 aromatic carbocycles. The van der Waals surface area contributed by atoms with Crippen LogP contribution in [0.25, 0.3) is 17.2 Å². The van der Waals surface area contributed by atoms with E-state index in [0.717, 1.165) is 6.42 Å². The zero-order valence-corrected chi connectivity index (χ0v) is 12.2. The molecule has 0 radical (unpaired) electrons. The molecule has 0 unspecified atom stereocenters. The van der Waals surface area contributed by atoms with Crippen LogP contribution in [0.1, 0.15) is 22.3 Å². The number of allylic oxidation sites excluding steroid dienone is 1. The number of hydrogen-bond donors (Lipinski definition) is 0. The van der Waals surface area contributed by atoms with Crippen LogP contribution in [0.4, 0.5) is 0 Å². The summed E-state index contributed by atoms with van der Waals surface area (Å²) < 4.78 is 1.26. The van der Waals surface area contributed by atoms with Crippen LogP contribution < -0.4 is 0 Å². The lowest BCUT2D eigenvalue weighted by molar-refractivity contribution is 1.27. The van der Waals surface area contributed by atoms with Gasteiger partial charge < -0.3 is 0 Å². The fraction of sp³-hybridized carbons (Fsp3) is 0.176. The van der Waals surface area contributed by atoms with Gasteiger partial charge in [-0.25, -0.2) is 0 Å². The fourth-order valence-corrected chi connectivity index (χ4v) is 3.51. The largest absolute Gasteiger partial charge is 0.0795 e. The molecule has 2 aromatic rings. The van der Waals surface area contributed by atoms with E-state index in [1.54, 1.807) is 0 Å². The van der Waals surface area contributed by atoms with Gasteiger partial charge in [0, 0.05) is 4.47 Å². The third-order valence-electron chi connectivity index (χ3n) is 3.56. The first-order valence-corrected chi connectivity index (χ1v) is 7.01. The predicted molar refractivity (Wildman–Crippen MR) is 81.8 cm³/mol. The molecule has 0 atom stereocenters. The van der Waals surface area contributed by atoms with E-state index in [1.807, 2.05) is 0 Å². The van der Waals surface area contributed by atoms with Gasteiger partial charge in [-0.05, 0) is 64.0 Å². The van der Waals surface area contributed by atoms with E-state index in [0.29, 0.717) is 0 Å². The van der Waals surface area contributed by atoms with Crippen LogP contribution >= 0.6 is 15.9 Å². The summed E-state index contributed by atoms with van der Waals surface area (Å²) in [4.78, 5) is 0. The van der Waals surface area contributed by atoms with E-state index >= 15 is 0 Å². The van der Waals surface area contributed by atoms with E-state index in [2.05, 4.69) is 72.3 Å². The van der Waals surface area contributed by atoms with Crippen molar-refractivity contribution in [3.05, 3.63) is 63.1 Å². The van der Waals surface area contributed by atoms with Gasteiger partial charge in [-0.15, -0.1) is 0 Å². The zero-order chi connectivity index (χ0) is 12.7. The van der Waals surface area contributed by atoms with Gasteiger partial charge in [0.05, 0.1) is 0 Å². The molecule has 90 valence electrons. The SMILES string of the molecule is Cc1ccc(-c2c(C)cc3c(c2Br)CC=C3)cc1. The van der Waals surface area contributed by atoms with Crippen LogP contribution in [-0.2, 0) is 6.42 Å². The monoisotopic (exact) mass is 298 g/mol. The first-order chi connectivity index (χ1) is 8.66. The summed E-state index contributed by atoms with van der Waals surface area (Å²) in [6, 6.07) is 11.0. The normalized spacial score (nSPS) is 12.8. The molecular formula is C17H15Br. The number of fused-ring (bicyclic) bond motifs is 1. The molecule has 3 rings (SSSR count). The molecule has 1 aliphatic rings. The highest BCUT2D eigenvalue weighted by Crippen LogP contribution is 2.38. The summed E-state index contributed by atoms with van der Waals surface area (Å²) in [5.41, 5.74) is 8.02. The van der Waals surface area contributed by atoms with Crippen molar-refractivity contribution in [1.82, 2.24) is 0 Å². The van der Waals surface area contributed by atoms with E-state index in [9.17, 15) is 0 Å². The van der Waals surface area contributed by atoms with Crippen LogP contribution in [0.5, 0.6) is 0 Å². The van der Waals surface area contributed by atoms with E-state index < -0.39 is 0 Å². The fourth-order valence-electron chi connectivity index (χ4n) is 2.58. The van der Waals surface area contributed by atoms with Crippen molar-refractivity contribution in [2.45, 2.75) is 20.3 Å². The van der Waals surface area contributed by atoms with Gasteiger partial charge in [0.1, 0.15) is 0 Å². The first kappa shape index (κ1) is 11.7. The highest BCUT2D eigenvalue weighted by Gasteiger charge is 2.16. The van der Waals surface area contributed by atoms with E-state index in [4.69, 9.17) is 0 Å². The Morgan fingerprint density at radius 1 is 1.06 bits per heavy atom. The maximum Gasteiger partial charge on any atom is 0.0297 e. The van der Waals surface area contributed by atoms with Crippen LogP contribution in [0.3, 0.4) is 0 Å². The van der Waals surface area contributed by atoms with Crippen molar-refractivity contribution in [2.75, 3.05) is 0 Å². The van der Waals surface area contributed by atoms with Crippen LogP contribution in [0, 0.1) is 13.8 Å². The van der Waals surface area contributed by atoms with E-state index in [-0.39, 0.29) is 0 Å². The summed E-state index contributed by atoms with van der Waals surface area (Å²) in [5, 5.41) is 0. The second kappa shape index (κ2) is 4.40. The molecule has 1 heteroatoms. The Bertz CT molecular complexity index is 634. The number of hydrogen-bond acceptors (Lipinski definition) is 0. The summed E-state index contributed by atoms with van der Waals surface area (Å²) in [6.07, 6.45) is 5.48. The molecule has 0 nitrogen and oxygen atoms in total. The van der Waals surface area contributed by atoms with Crippen molar-refractivity contribution in [1.29, 1.82) is 0 Å². The highest BCUT2D eigenvalue weighted by atomic mass is 79.9. The van der Waals surface area contributed by atoms with Gasteiger partial charge in [-0.2, -0.15) is 0 Å². The summed E-state index contributed by atoms with van der Waals surface area (Å²) in [5.74, 6) is 0. The summed E-state index contributed by atoms with van der Waals surface area (Å²) in [6.45, 7) is 4.31. The minimum absolute atomic E-state index is 1.04. The minimum Gasteiger partial charge on any atom is -0.0795 e. The lowest BCUT2D eigenvalue weighted by atomic mass is 9.95. The van der Waals surface area contributed by atoms with Gasteiger partial charge >= 0.3 is 0 Å². The maximum absolute atomic E-state index is 3.80. The van der Waals surface area contributed by atoms with Crippen LogP contribution in [-0.4, -0.2) is 0 Å². The molecule has 0 saturated carbocycles. The molecule has 0 N–H and O–H groups in total. The second-order valence-electron chi connectivity index (χ2n) is 4.92. The van der Waals surface area contributed by atoms with Crippen molar-refractivity contribution in [3.8, 4) is 11.1 Å². The van der Waals surface area contributed by atoms with Crippen LogP contribution in [0.15, 0.2) is 40.9 Å². The lowest BCUT2D eigenvalue weighted by Crippen LogP contribution is -1.92. The summed E-state index contributed by atoms with van der Waals surface area (Å²) in [7, 11) is 0. The van der Waals surface area contributed by atoms with Gasteiger partial charge in [0.25, 0.3) is 0 Å². The second-order valence-corrected chi connectivity index (χ2v) is 5.72. The van der Waals surface area contributed by atoms with Crippen molar-refractivity contribution < 1.29 is 0 Å². The van der Waals surface area contributed by atoms with Crippen molar-refractivity contribution in [3.63, 3.8) is 0 Å². The predicted octanol–water partition coefficient (Wildman–Crippen LogP) is 5.30. The van der Waals surface area contributed by atoms with Crippen LogP contribution in [0.2, 0.25) is 0 Å². The zero-order valence-electron chi connectivity index (χ0n) is 10.6. The molecule has 0 spiro atoms. The topological polar surface area (TPSA) is 0 Å². The minimum atomic E-state index is 1.04. The smallest absolute Gasteiger partial charge is 0.0297 e. The average molecular weight is 299 g/mol. The Kier molecular flexibility index (Phi) is 2.87. The van der Waals surface area contributed by atoms with Crippen molar-refractivity contribution >= 4 is 22.0 Å².